The Bertz CT molecular complexity index is 1110. The quantitative estimate of drug-likeness (QED) is 0.518. The Balaban J connectivity index is 1.34. The highest BCUT2D eigenvalue weighted by atomic mass is 19.1. The van der Waals surface area contributed by atoms with Gasteiger partial charge in [0, 0.05) is 30.3 Å². The number of likely N-dealkylation sites (tertiary alicyclic amines) is 1. The number of benzene rings is 2. The van der Waals surface area contributed by atoms with E-state index in [4.69, 9.17) is 4.74 Å². The van der Waals surface area contributed by atoms with Gasteiger partial charge in [-0.05, 0) is 79.6 Å². The van der Waals surface area contributed by atoms with Crippen molar-refractivity contribution in [3.05, 3.63) is 71.9 Å². The lowest BCUT2D eigenvalue weighted by atomic mass is 9.81. The third-order valence-electron chi connectivity index (χ3n) is 6.63. The number of aliphatic hydroxyl groups is 1. The smallest absolute Gasteiger partial charge is 0.126 e. The zero-order valence-electron chi connectivity index (χ0n) is 19.1. The van der Waals surface area contributed by atoms with Crippen LogP contribution < -0.4 is 4.74 Å². The molecule has 0 amide bonds. The number of methoxy groups -OCH3 is 1. The topological polar surface area (TPSA) is 45.6 Å². The second kappa shape index (κ2) is 11.3. The molecule has 0 saturated carbocycles. The molecule has 1 fully saturated rings. The molecule has 3 atom stereocenters. The largest absolute Gasteiger partial charge is 0.497 e. The van der Waals surface area contributed by atoms with Gasteiger partial charge in [-0.15, -0.1) is 0 Å². The second-order valence-electron chi connectivity index (χ2n) is 8.72. The van der Waals surface area contributed by atoms with Gasteiger partial charge in [0.05, 0.1) is 19.2 Å². The Hall–Kier alpha value is -2.94. The lowest BCUT2D eigenvalue weighted by Crippen LogP contribution is -2.42. The van der Waals surface area contributed by atoms with Crippen molar-refractivity contribution in [3.63, 3.8) is 0 Å². The Morgan fingerprint density at radius 3 is 2.82 bits per heavy atom. The van der Waals surface area contributed by atoms with Crippen LogP contribution in [0, 0.1) is 23.7 Å². The number of aromatic nitrogens is 1. The predicted molar refractivity (Wildman–Crippen MR) is 130 cm³/mol. The fourth-order valence-corrected chi connectivity index (χ4v) is 4.72. The van der Waals surface area contributed by atoms with E-state index in [-0.39, 0.29) is 12.5 Å². The molecule has 0 radical (unpaired) electrons. The molecule has 1 aliphatic rings. The molecule has 0 aliphatic carbocycles. The molecule has 4 rings (SSSR count). The normalized spacial score (nSPS) is 19.6. The van der Waals surface area contributed by atoms with Gasteiger partial charge in [-0.2, -0.15) is 0 Å². The zero-order chi connectivity index (χ0) is 23.0. The highest BCUT2D eigenvalue weighted by Crippen LogP contribution is 2.35. The Labute approximate surface area is 195 Å². The SMILES string of the molecule is COc1ccc2nccc([C@@H](F)CC[C@@H]3CCN(CC#Cc4ccccc4)C[C@@H]3CO)c2c1. The minimum atomic E-state index is -1.07. The molecule has 4 nitrogen and oxygen atoms in total. The summed E-state index contributed by atoms with van der Waals surface area (Å²) in [4.78, 5) is 6.65. The van der Waals surface area contributed by atoms with Crippen LogP contribution in [-0.4, -0.2) is 48.3 Å². The third kappa shape index (κ3) is 5.90. The molecule has 1 aliphatic heterocycles. The second-order valence-corrected chi connectivity index (χ2v) is 8.72. The van der Waals surface area contributed by atoms with Crippen LogP contribution >= 0.6 is 0 Å². The first kappa shape index (κ1) is 23.2. The molecule has 1 aromatic heterocycles. The van der Waals surface area contributed by atoms with Crippen LogP contribution in [0.1, 0.15) is 36.6 Å². The van der Waals surface area contributed by atoms with Crippen molar-refractivity contribution in [2.75, 3.05) is 33.4 Å². The summed E-state index contributed by atoms with van der Waals surface area (Å²) in [7, 11) is 1.61. The number of fused-ring (bicyclic) bond motifs is 1. The average Bonchev–Trinajstić information content (AvgIpc) is 2.87. The number of aliphatic hydroxyl groups excluding tert-OH is 1. The van der Waals surface area contributed by atoms with Gasteiger partial charge in [-0.3, -0.25) is 9.88 Å². The molecule has 2 heterocycles. The van der Waals surface area contributed by atoms with Gasteiger partial charge in [0.15, 0.2) is 0 Å². The number of hydrogen-bond acceptors (Lipinski definition) is 4. The van der Waals surface area contributed by atoms with Crippen LogP contribution in [0.15, 0.2) is 60.8 Å². The van der Waals surface area contributed by atoms with E-state index in [1.54, 1.807) is 19.4 Å². The first-order valence-electron chi connectivity index (χ1n) is 11.6. The molecule has 5 heteroatoms. The van der Waals surface area contributed by atoms with Crippen LogP contribution in [0.3, 0.4) is 0 Å². The molecule has 2 aromatic carbocycles. The number of nitrogens with zero attached hydrogens (tertiary/aromatic N) is 2. The summed E-state index contributed by atoms with van der Waals surface area (Å²) in [5.74, 6) is 7.61. The molecule has 0 unspecified atom stereocenters. The van der Waals surface area contributed by atoms with E-state index in [2.05, 4.69) is 21.7 Å². The van der Waals surface area contributed by atoms with Gasteiger partial charge in [-0.1, -0.05) is 30.0 Å². The predicted octanol–water partition coefficient (Wildman–Crippen LogP) is 5.02. The number of halogens is 1. The molecule has 0 spiro atoms. The maximum atomic E-state index is 15.3. The molecule has 172 valence electrons. The van der Waals surface area contributed by atoms with E-state index >= 15 is 4.39 Å². The van der Waals surface area contributed by atoms with E-state index in [1.165, 1.54) is 0 Å². The molecule has 3 aromatic rings. The molecular formula is C28H31FN2O2. The summed E-state index contributed by atoms with van der Waals surface area (Å²) in [6.45, 7) is 2.54. The van der Waals surface area contributed by atoms with E-state index in [0.717, 1.165) is 42.4 Å². The maximum Gasteiger partial charge on any atom is 0.126 e. The van der Waals surface area contributed by atoms with Crippen molar-refractivity contribution in [2.45, 2.75) is 25.4 Å². The van der Waals surface area contributed by atoms with Crippen LogP contribution in [-0.2, 0) is 0 Å². The Morgan fingerprint density at radius 2 is 2.03 bits per heavy atom. The maximum absolute atomic E-state index is 15.3. The van der Waals surface area contributed by atoms with Crippen molar-refractivity contribution in [1.29, 1.82) is 0 Å². The minimum Gasteiger partial charge on any atom is -0.497 e. The lowest BCUT2D eigenvalue weighted by molar-refractivity contribution is 0.0708. The van der Waals surface area contributed by atoms with E-state index in [0.29, 0.717) is 30.2 Å². The number of pyridine rings is 1. The van der Waals surface area contributed by atoms with E-state index < -0.39 is 6.17 Å². The lowest BCUT2D eigenvalue weighted by Gasteiger charge is -2.37. The summed E-state index contributed by atoms with van der Waals surface area (Å²) in [5, 5.41) is 10.8. The average molecular weight is 447 g/mol. The molecule has 0 bridgehead atoms. The number of alkyl halides is 1. The van der Waals surface area contributed by atoms with E-state index in [1.807, 2.05) is 48.5 Å². The van der Waals surface area contributed by atoms with Crippen LogP contribution in [0.25, 0.3) is 10.9 Å². The van der Waals surface area contributed by atoms with Gasteiger partial charge in [0.2, 0.25) is 0 Å². The zero-order valence-corrected chi connectivity index (χ0v) is 19.1. The number of piperidine rings is 1. The van der Waals surface area contributed by atoms with Gasteiger partial charge >= 0.3 is 0 Å². The Kier molecular flexibility index (Phi) is 7.93. The molecule has 1 saturated heterocycles. The highest BCUT2D eigenvalue weighted by Gasteiger charge is 2.29. The fraction of sp³-hybridized carbons (Fsp3) is 0.393. The van der Waals surface area contributed by atoms with Gasteiger partial charge in [-0.25, -0.2) is 4.39 Å². The summed E-state index contributed by atoms with van der Waals surface area (Å²) in [5.41, 5.74) is 2.45. The summed E-state index contributed by atoms with van der Waals surface area (Å²) in [6, 6.07) is 17.3. The van der Waals surface area contributed by atoms with Gasteiger partial charge < -0.3 is 9.84 Å². The van der Waals surface area contributed by atoms with Crippen molar-refractivity contribution >= 4 is 10.9 Å². The Morgan fingerprint density at radius 1 is 1.18 bits per heavy atom. The number of ether oxygens (including phenoxy) is 1. The van der Waals surface area contributed by atoms with E-state index in [9.17, 15) is 5.11 Å². The summed E-state index contributed by atoms with van der Waals surface area (Å²) in [6.07, 6.45) is 2.74. The van der Waals surface area contributed by atoms with Crippen LogP contribution in [0.5, 0.6) is 5.75 Å². The standard InChI is InChI=1S/C28H31FN2O2/c1-33-24-10-12-28-26(18-24)25(13-15-30-28)27(29)11-9-22-14-17-31(19-23(22)20-32)16-5-8-21-6-3-2-4-7-21/h2-4,6-7,10,12-13,15,18,22-23,27,32H,9,11,14,16-17,19-20H2,1H3/t22-,23-,27+/m1/s1. The first-order chi connectivity index (χ1) is 16.2. The third-order valence-corrected chi connectivity index (χ3v) is 6.63. The fourth-order valence-electron chi connectivity index (χ4n) is 4.72. The monoisotopic (exact) mass is 446 g/mol. The first-order valence-corrected chi connectivity index (χ1v) is 11.6. The summed E-state index contributed by atoms with van der Waals surface area (Å²) >= 11 is 0. The van der Waals surface area contributed by atoms with Crippen molar-refractivity contribution in [3.8, 4) is 17.6 Å². The van der Waals surface area contributed by atoms with Crippen LogP contribution in [0.4, 0.5) is 4.39 Å². The van der Waals surface area contributed by atoms with Crippen molar-refractivity contribution < 1.29 is 14.2 Å². The molecular weight excluding hydrogens is 415 g/mol. The van der Waals surface area contributed by atoms with Gasteiger partial charge in [0.1, 0.15) is 11.9 Å². The van der Waals surface area contributed by atoms with Crippen molar-refractivity contribution in [2.24, 2.45) is 11.8 Å². The molecule has 33 heavy (non-hydrogen) atoms. The van der Waals surface area contributed by atoms with Crippen molar-refractivity contribution in [1.82, 2.24) is 9.88 Å². The highest BCUT2D eigenvalue weighted by molar-refractivity contribution is 5.83. The summed E-state index contributed by atoms with van der Waals surface area (Å²) < 4.78 is 20.6. The molecule has 1 N–H and O–H groups in total. The van der Waals surface area contributed by atoms with Gasteiger partial charge in [0.25, 0.3) is 0 Å². The van der Waals surface area contributed by atoms with Crippen LogP contribution in [0.2, 0.25) is 0 Å². The number of hydrogen-bond donors (Lipinski definition) is 1. The number of rotatable bonds is 7. The minimum absolute atomic E-state index is 0.125.